The molecule has 1 saturated heterocycles. The maximum atomic E-state index is 13.9. The second kappa shape index (κ2) is 6.72. The molecule has 1 fully saturated rings. The third kappa shape index (κ3) is 3.15. The Labute approximate surface area is 156 Å². The summed E-state index contributed by atoms with van der Waals surface area (Å²) < 4.78 is 14.2. The van der Waals surface area contributed by atoms with E-state index < -0.39 is 11.7 Å². The largest absolute Gasteiger partial charge is 0.505 e. The van der Waals surface area contributed by atoms with Crippen LogP contribution in [0.15, 0.2) is 41.3 Å². The molecule has 0 aliphatic carbocycles. The Balaban J connectivity index is 1.99. The number of amides is 1. The molecule has 3 nitrogen and oxygen atoms in total. The van der Waals surface area contributed by atoms with Crippen LogP contribution in [-0.2, 0) is 4.79 Å². The molecule has 1 amide bonds. The van der Waals surface area contributed by atoms with Gasteiger partial charge in [0.05, 0.1) is 20.6 Å². The maximum Gasteiger partial charge on any atom is 0.270 e. The predicted molar refractivity (Wildman–Crippen MR) is 100 cm³/mol. The van der Waals surface area contributed by atoms with E-state index in [1.165, 1.54) is 36.4 Å². The zero-order chi connectivity index (χ0) is 17.4. The van der Waals surface area contributed by atoms with Crippen LogP contribution in [0.25, 0.3) is 6.08 Å². The SMILES string of the molecule is O=C1C(=Cc2cc(Cl)c(O)c(Cl)c2)SC(=S)N1c1ccccc1F. The number of carbonyl (C=O) groups is 1. The van der Waals surface area contributed by atoms with Gasteiger partial charge < -0.3 is 5.11 Å². The number of thiocarbonyl (C=S) groups is 1. The van der Waals surface area contributed by atoms with Gasteiger partial charge in [0.15, 0.2) is 10.1 Å². The highest BCUT2D eigenvalue weighted by Gasteiger charge is 2.34. The highest BCUT2D eigenvalue weighted by Crippen LogP contribution is 2.38. The number of para-hydroxylation sites is 1. The van der Waals surface area contributed by atoms with E-state index in [9.17, 15) is 14.3 Å². The summed E-state index contributed by atoms with van der Waals surface area (Å²) in [5.74, 6) is -1.20. The lowest BCUT2D eigenvalue weighted by atomic mass is 10.2. The fourth-order valence-corrected chi connectivity index (χ4v) is 3.92. The van der Waals surface area contributed by atoms with Gasteiger partial charge in [0.25, 0.3) is 5.91 Å². The molecule has 0 aromatic heterocycles. The minimum absolute atomic E-state index is 0.0679. The fraction of sp³-hybridized carbons (Fsp3) is 0. The van der Waals surface area contributed by atoms with E-state index in [-0.39, 0.29) is 25.8 Å². The number of aromatic hydroxyl groups is 1. The first kappa shape index (κ1) is 17.2. The molecule has 3 rings (SSSR count). The molecule has 8 heteroatoms. The van der Waals surface area contributed by atoms with Crippen LogP contribution in [0.5, 0.6) is 5.75 Å². The minimum atomic E-state index is -0.536. The average molecular weight is 400 g/mol. The van der Waals surface area contributed by atoms with Crippen LogP contribution in [0.3, 0.4) is 0 Å². The van der Waals surface area contributed by atoms with Gasteiger partial charge in [-0.05, 0) is 35.9 Å². The Morgan fingerprint density at radius 2 is 1.83 bits per heavy atom. The molecule has 0 radical (unpaired) electrons. The van der Waals surface area contributed by atoms with Gasteiger partial charge >= 0.3 is 0 Å². The van der Waals surface area contributed by atoms with E-state index in [1.807, 2.05) is 0 Å². The second-order valence-corrected chi connectivity index (χ2v) is 7.29. The number of carbonyl (C=O) groups excluding carboxylic acids is 1. The zero-order valence-electron chi connectivity index (χ0n) is 11.8. The number of phenolic OH excluding ortho intramolecular Hbond substituents is 1. The Morgan fingerprint density at radius 3 is 2.46 bits per heavy atom. The van der Waals surface area contributed by atoms with Crippen molar-refractivity contribution in [3.8, 4) is 5.75 Å². The van der Waals surface area contributed by atoms with Crippen molar-refractivity contribution in [2.75, 3.05) is 4.90 Å². The van der Waals surface area contributed by atoms with E-state index in [0.29, 0.717) is 10.5 Å². The van der Waals surface area contributed by atoms with Gasteiger partial charge in [0.1, 0.15) is 5.82 Å². The number of hydrogen-bond acceptors (Lipinski definition) is 4. The van der Waals surface area contributed by atoms with Gasteiger partial charge in [-0.25, -0.2) is 4.39 Å². The summed E-state index contributed by atoms with van der Waals surface area (Å²) in [5.41, 5.74) is 0.627. The number of hydrogen-bond donors (Lipinski definition) is 1. The number of rotatable bonds is 2. The van der Waals surface area contributed by atoms with Crippen LogP contribution in [-0.4, -0.2) is 15.3 Å². The van der Waals surface area contributed by atoms with Crippen molar-refractivity contribution >= 4 is 69.2 Å². The van der Waals surface area contributed by atoms with Gasteiger partial charge in [-0.1, -0.05) is 59.3 Å². The monoisotopic (exact) mass is 399 g/mol. The van der Waals surface area contributed by atoms with E-state index in [1.54, 1.807) is 6.07 Å². The van der Waals surface area contributed by atoms with Crippen molar-refractivity contribution in [2.45, 2.75) is 0 Å². The number of thioether (sulfide) groups is 1. The quantitative estimate of drug-likeness (QED) is 0.553. The molecule has 2 aromatic carbocycles. The lowest BCUT2D eigenvalue weighted by molar-refractivity contribution is -0.113. The molecule has 0 bridgehead atoms. The molecule has 0 atom stereocenters. The molecule has 2 aromatic rings. The van der Waals surface area contributed by atoms with Gasteiger partial charge in [0.2, 0.25) is 0 Å². The van der Waals surface area contributed by atoms with Crippen molar-refractivity contribution in [3.63, 3.8) is 0 Å². The summed E-state index contributed by atoms with van der Waals surface area (Å²) >= 11 is 18.0. The minimum Gasteiger partial charge on any atom is -0.505 e. The number of phenols is 1. The standard InChI is InChI=1S/C16H8Cl2FNO2S2/c17-9-5-8(6-10(18)14(9)21)7-13-15(22)20(16(23)24-13)12-4-2-1-3-11(12)19/h1-7,21H. The molecule has 0 saturated carbocycles. The highest BCUT2D eigenvalue weighted by atomic mass is 35.5. The van der Waals surface area contributed by atoms with Gasteiger partial charge in [-0.2, -0.15) is 0 Å². The molecule has 0 spiro atoms. The van der Waals surface area contributed by atoms with Crippen LogP contribution in [0.2, 0.25) is 10.0 Å². The van der Waals surface area contributed by atoms with Crippen LogP contribution in [0, 0.1) is 5.82 Å². The van der Waals surface area contributed by atoms with Crippen molar-refractivity contribution in [3.05, 3.63) is 62.7 Å². The number of benzene rings is 2. The first-order chi connectivity index (χ1) is 11.4. The third-order valence-corrected chi connectivity index (χ3v) is 5.10. The fourth-order valence-electron chi connectivity index (χ4n) is 2.13. The van der Waals surface area contributed by atoms with Crippen molar-refractivity contribution in [2.24, 2.45) is 0 Å². The summed E-state index contributed by atoms with van der Waals surface area (Å²) in [7, 11) is 0. The van der Waals surface area contributed by atoms with Crippen molar-refractivity contribution in [1.29, 1.82) is 0 Å². The lowest BCUT2D eigenvalue weighted by Gasteiger charge is -2.14. The summed E-state index contributed by atoms with van der Waals surface area (Å²) in [4.78, 5) is 14.0. The average Bonchev–Trinajstić information content (AvgIpc) is 2.80. The van der Waals surface area contributed by atoms with Crippen molar-refractivity contribution < 1.29 is 14.3 Å². The van der Waals surface area contributed by atoms with Crippen molar-refractivity contribution in [1.82, 2.24) is 0 Å². The van der Waals surface area contributed by atoms with Gasteiger partial charge in [-0.3, -0.25) is 9.69 Å². The van der Waals surface area contributed by atoms with Crippen LogP contribution >= 0.6 is 47.2 Å². The van der Waals surface area contributed by atoms with Crippen LogP contribution < -0.4 is 4.90 Å². The molecule has 1 N–H and O–H groups in total. The third-order valence-electron chi connectivity index (χ3n) is 3.22. The number of halogens is 3. The topological polar surface area (TPSA) is 40.5 Å². The van der Waals surface area contributed by atoms with Crippen LogP contribution in [0.1, 0.15) is 5.56 Å². The molecule has 0 unspecified atom stereocenters. The maximum absolute atomic E-state index is 13.9. The molecular formula is C16H8Cl2FNO2S2. The van der Waals surface area contributed by atoms with Crippen LogP contribution in [0.4, 0.5) is 10.1 Å². The Bertz CT molecular complexity index is 878. The van der Waals surface area contributed by atoms with Gasteiger partial charge in [-0.15, -0.1) is 0 Å². The van der Waals surface area contributed by atoms with E-state index in [4.69, 9.17) is 35.4 Å². The molecule has 1 aliphatic heterocycles. The Morgan fingerprint density at radius 1 is 1.21 bits per heavy atom. The Hall–Kier alpha value is -1.60. The summed E-state index contributed by atoms with van der Waals surface area (Å²) in [5, 5.41) is 9.72. The zero-order valence-corrected chi connectivity index (χ0v) is 14.9. The smallest absolute Gasteiger partial charge is 0.270 e. The van der Waals surface area contributed by atoms with E-state index in [0.717, 1.165) is 16.7 Å². The lowest BCUT2D eigenvalue weighted by Crippen LogP contribution is -2.28. The predicted octanol–water partition coefficient (Wildman–Crippen LogP) is 5.24. The first-order valence-corrected chi connectivity index (χ1v) is 8.57. The summed E-state index contributed by atoms with van der Waals surface area (Å²) in [6, 6.07) is 8.85. The highest BCUT2D eigenvalue weighted by molar-refractivity contribution is 8.27. The van der Waals surface area contributed by atoms with E-state index >= 15 is 0 Å². The normalized spacial score (nSPS) is 16.3. The Kier molecular flexibility index (Phi) is 4.83. The molecular weight excluding hydrogens is 392 g/mol. The molecule has 122 valence electrons. The first-order valence-electron chi connectivity index (χ1n) is 6.59. The van der Waals surface area contributed by atoms with E-state index in [2.05, 4.69) is 0 Å². The number of anilines is 1. The molecule has 1 aliphatic rings. The van der Waals surface area contributed by atoms with Gasteiger partial charge in [0, 0.05) is 0 Å². The second-order valence-electron chi connectivity index (χ2n) is 4.80. The number of nitrogens with zero attached hydrogens (tertiary/aromatic N) is 1. The molecule has 1 heterocycles. The summed E-state index contributed by atoms with van der Waals surface area (Å²) in [6.07, 6.45) is 1.54. The summed E-state index contributed by atoms with van der Waals surface area (Å²) in [6.45, 7) is 0. The molecule has 24 heavy (non-hydrogen) atoms.